The van der Waals surface area contributed by atoms with Gasteiger partial charge in [-0.1, -0.05) is 0 Å². The largest absolute Gasteiger partial charge is 0.368 e. The Hall–Kier alpha value is -3.03. The molecule has 0 saturated carbocycles. The Labute approximate surface area is 145 Å². The normalized spacial score (nSPS) is 13.1. The van der Waals surface area contributed by atoms with Crippen molar-refractivity contribution in [3.63, 3.8) is 0 Å². The molecule has 130 valence electrons. The summed E-state index contributed by atoms with van der Waals surface area (Å²) in [6.45, 7) is 3.65. The Balaban J connectivity index is 1.67. The number of rotatable bonds is 5. The molecule has 0 atom stereocenters. The third-order valence-corrected chi connectivity index (χ3v) is 3.99. The molecule has 0 aromatic carbocycles. The van der Waals surface area contributed by atoms with Crippen LogP contribution in [0.15, 0.2) is 30.9 Å². The van der Waals surface area contributed by atoms with Gasteiger partial charge in [-0.25, -0.2) is 9.97 Å². The molecule has 1 aliphatic heterocycles. The average molecular weight is 340 g/mol. The predicted octanol–water partition coefficient (Wildman–Crippen LogP) is 0.618. The first-order valence-electron chi connectivity index (χ1n) is 8.15. The van der Waals surface area contributed by atoms with Crippen molar-refractivity contribution in [3.05, 3.63) is 47.7 Å². The number of aromatic nitrogens is 3. The van der Waals surface area contributed by atoms with E-state index in [0.717, 1.165) is 17.1 Å². The van der Waals surface area contributed by atoms with Crippen LogP contribution in [-0.2, 0) is 17.8 Å². The summed E-state index contributed by atoms with van der Waals surface area (Å²) >= 11 is 0. The maximum Gasteiger partial charge on any atom is 0.255 e. The number of amides is 2. The van der Waals surface area contributed by atoms with Crippen LogP contribution in [0.5, 0.6) is 0 Å². The van der Waals surface area contributed by atoms with Crippen molar-refractivity contribution in [3.8, 4) is 0 Å². The van der Waals surface area contributed by atoms with Crippen LogP contribution >= 0.6 is 0 Å². The summed E-state index contributed by atoms with van der Waals surface area (Å²) < 4.78 is 0. The van der Waals surface area contributed by atoms with Gasteiger partial charge in [-0.3, -0.25) is 14.6 Å². The van der Waals surface area contributed by atoms with Crippen LogP contribution in [0, 0.1) is 0 Å². The molecule has 0 saturated heterocycles. The van der Waals surface area contributed by atoms with E-state index in [-0.39, 0.29) is 11.8 Å². The predicted molar refractivity (Wildman–Crippen MR) is 91.9 cm³/mol. The van der Waals surface area contributed by atoms with E-state index < -0.39 is 0 Å². The monoisotopic (exact) mass is 340 g/mol. The third kappa shape index (κ3) is 4.09. The molecule has 2 amide bonds. The van der Waals surface area contributed by atoms with Crippen LogP contribution in [0.1, 0.15) is 28.5 Å². The number of hydrogen-bond donors (Lipinski definition) is 2. The van der Waals surface area contributed by atoms with Gasteiger partial charge in [0.1, 0.15) is 12.1 Å². The Morgan fingerprint density at radius 2 is 2.16 bits per heavy atom. The Bertz CT molecular complexity index is 765. The molecule has 0 spiro atoms. The number of carbonyl (C=O) groups excluding carboxylic acids is 2. The fourth-order valence-electron chi connectivity index (χ4n) is 2.77. The Morgan fingerprint density at radius 3 is 2.92 bits per heavy atom. The maximum absolute atomic E-state index is 12.6. The summed E-state index contributed by atoms with van der Waals surface area (Å²) in [6.07, 6.45) is 5.41. The maximum atomic E-state index is 12.6. The Kier molecular flexibility index (Phi) is 5.17. The van der Waals surface area contributed by atoms with E-state index in [2.05, 4.69) is 25.6 Å². The number of nitrogens with zero attached hydrogens (tertiary/aromatic N) is 4. The summed E-state index contributed by atoms with van der Waals surface area (Å²) in [7, 11) is 0. The number of anilines is 1. The first-order chi connectivity index (χ1) is 12.1. The quantitative estimate of drug-likeness (QED) is 0.774. The van der Waals surface area contributed by atoms with Crippen molar-refractivity contribution in [2.24, 2.45) is 0 Å². The lowest BCUT2D eigenvalue weighted by atomic mass is 10.0. The zero-order valence-corrected chi connectivity index (χ0v) is 14.0. The van der Waals surface area contributed by atoms with Crippen molar-refractivity contribution in [2.45, 2.75) is 19.9 Å². The number of pyridine rings is 1. The summed E-state index contributed by atoms with van der Waals surface area (Å²) in [5.74, 6) is 0.664. The summed E-state index contributed by atoms with van der Waals surface area (Å²) in [4.78, 5) is 37.8. The SMILES string of the molecule is CC(=O)NCCNc1ncnc2c1CCN(C(=O)c1cccnc1)C2. The van der Waals surface area contributed by atoms with Gasteiger partial charge in [0.15, 0.2) is 0 Å². The van der Waals surface area contributed by atoms with Gasteiger partial charge in [0.2, 0.25) is 5.91 Å². The molecule has 2 N–H and O–H groups in total. The summed E-state index contributed by atoms with van der Waals surface area (Å²) in [6, 6.07) is 3.52. The fraction of sp³-hybridized carbons (Fsp3) is 0.353. The van der Waals surface area contributed by atoms with Crippen LogP contribution in [0.4, 0.5) is 5.82 Å². The highest BCUT2D eigenvalue weighted by molar-refractivity contribution is 5.94. The lowest BCUT2D eigenvalue weighted by molar-refractivity contribution is -0.118. The first kappa shape index (κ1) is 16.8. The second kappa shape index (κ2) is 7.69. The summed E-state index contributed by atoms with van der Waals surface area (Å²) in [5, 5.41) is 5.96. The molecule has 2 aromatic rings. The molecule has 0 aliphatic carbocycles. The molecule has 2 aromatic heterocycles. The number of hydrogen-bond acceptors (Lipinski definition) is 6. The third-order valence-electron chi connectivity index (χ3n) is 3.99. The van der Waals surface area contributed by atoms with Gasteiger partial charge in [0, 0.05) is 44.5 Å². The van der Waals surface area contributed by atoms with E-state index in [1.165, 1.54) is 13.3 Å². The van der Waals surface area contributed by atoms with Gasteiger partial charge in [-0.15, -0.1) is 0 Å². The van der Waals surface area contributed by atoms with Gasteiger partial charge in [-0.2, -0.15) is 0 Å². The average Bonchev–Trinajstić information content (AvgIpc) is 2.64. The molecule has 1 aliphatic rings. The van der Waals surface area contributed by atoms with Crippen molar-refractivity contribution >= 4 is 17.6 Å². The van der Waals surface area contributed by atoms with E-state index in [1.54, 1.807) is 29.4 Å². The molecule has 0 radical (unpaired) electrons. The first-order valence-corrected chi connectivity index (χ1v) is 8.15. The van der Waals surface area contributed by atoms with Crippen LogP contribution < -0.4 is 10.6 Å². The highest BCUT2D eigenvalue weighted by Gasteiger charge is 2.24. The van der Waals surface area contributed by atoms with Crippen LogP contribution in [0.3, 0.4) is 0 Å². The van der Waals surface area contributed by atoms with Crippen LogP contribution in [-0.4, -0.2) is 51.3 Å². The van der Waals surface area contributed by atoms with E-state index in [4.69, 9.17) is 0 Å². The lowest BCUT2D eigenvalue weighted by Gasteiger charge is -2.29. The molecule has 3 heterocycles. The topological polar surface area (TPSA) is 100 Å². The summed E-state index contributed by atoms with van der Waals surface area (Å²) in [5.41, 5.74) is 2.45. The van der Waals surface area contributed by atoms with E-state index >= 15 is 0 Å². The fourth-order valence-corrected chi connectivity index (χ4v) is 2.77. The molecular formula is C17H20N6O2. The molecule has 0 bridgehead atoms. The molecule has 3 rings (SSSR count). The smallest absolute Gasteiger partial charge is 0.255 e. The highest BCUT2D eigenvalue weighted by Crippen LogP contribution is 2.23. The minimum absolute atomic E-state index is 0.0440. The van der Waals surface area contributed by atoms with E-state index in [9.17, 15) is 9.59 Å². The van der Waals surface area contributed by atoms with Crippen molar-refractivity contribution in [2.75, 3.05) is 25.0 Å². The minimum Gasteiger partial charge on any atom is -0.368 e. The van der Waals surface area contributed by atoms with Crippen LogP contribution in [0.25, 0.3) is 0 Å². The highest BCUT2D eigenvalue weighted by atomic mass is 16.2. The van der Waals surface area contributed by atoms with Crippen molar-refractivity contribution in [1.29, 1.82) is 0 Å². The Morgan fingerprint density at radius 1 is 1.28 bits per heavy atom. The van der Waals surface area contributed by atoms with Crippen molar-refractivity contribution in [1.82, 2.24) is 25.2 Å². The van der Waals surface area contributed by atoms with Gasteiger partial charge in [0.25, 0.3) is 5.91 Å². The molecule has 0 fully saturated rings. The molecule has 8 nitrogen and oxygen atoms in total. The van der Waals surface area contributed by atoms with E-state index in [1.807, 2.05) is 0 Å². The standard InChI is InChI=1S/C17H20N6O2/c1-12(24)19-6-7-20-16-14-4-8-23(10-15(14)21-11-22-16)17(25)13-3-2-5-18-9-13/h2-3,5,9,11H,4,6-8,10H2,1H3,(H,19,24)(H,20,21,22). The lowest BCUT2D eigenvalue weighted by Crippen LogP contribution is -2.37. The second-order valence-electron chi connectivity index (χ2n) is 5.78. The van der Waals surface area contributed by atoms with Gasteiger partial charge in [0.05, 0.1) is 17.8 Å². The van der Waals surface area contributed by atoms with Crippen molar-refractivity contribution < 1.29 is 9.59 Å². The van der Waals surface area contributed by atoms with Crippen LogP contribution in [0.2, 0.25) is 0 Å². The van der Waals surface area contributed by atoms with Gasteiger partial charge in [-0.05, 0) is 18.6 Å². The van der Waals surface area contributed by atoms with Gasteiger partial charge < -0.3 is 15.5 Å². The number of fused-ring (bicyclic) bond motifs is 1. The zero-order valence-electron chi connectivity index (χ0n) is 14.0. The molecule has 25 heavy (non-hydrogen) atoms. The van der Waals surface area contributed by atoms with E-state index in [0.29, 0.717) is 38.2 Å². The number of nitrogens with one attached hydrogen (secondary N) is 2. The molecular weight excluding hydrogens is 320 g/mol. The second-order valence-corrected chi connectivity index (χ2v) is 5.78. The molecule has 8 heteroatoms. The molecule has 0 unspecified atom stereocenters. The van der Waals surface area contributed by atoms with Gasteiger partial charge >= 0.3 is 0 Å². The minimum atomic E-state index is -0.0592. The number of carbonyl (C=O) groups is 2. The zero-order chi connectivity index (χ0) is 17.6.